The van der Waals surface area contributed by atoms with Crippen molar-refractivity contribution < 1.29 is 23.5 Å². The lowest BCUT2D eigenvalue weighted by molar-refractivity contribution is -0.228. The van der Waals surface area contributed by atoms with Crippen LogP contribution in [0.3, 0.4) is 0 Å². The van der Waals surface area contributed by atoms with Crippen LogP contribution in [0.2, 0.25) is 5.02 Å². The van der Waals surface area contributed by atoms with E-state index < -0.39 is 34.5 Å². The number of hydrogen-bond donors (Lipinski definition) is 4. The summed E-state index contributed by atoms with van der Waals surface area (Å²) in [5.74, 6) is -0.736. The molecule has 0 saturated heterocycles. The number of nitrogens with one attached hydrogen (secondary N) is 4. The topological polar surface area (TPSA) is 143 Å². The fourth-order valence-electron chi connectivity index (χ4n) is 8.00. The number of rotatable bonds is 14. The molecule has 0 radical (unpaired) electrons. The molecule has 3 saturated carbocycles. The zero-order chi connectivity index (χ0) is 36.0. The number of carbonyl (C=O) groups is 3. The van der Waals surface area contributed by atoms with Crippen molar-refractivity contribution in [2.75, 3.05) is 20.3 Å². The first kappa shape index (κ1) is 35.5. The van der Waals surface area contributed by atoms with Crippen molar-refractivity contribution in [2.24, 2.45) is 18.4 Å². The summed E-state index contributed by atoms with van der Waals surface area (Å²) in [5, 5.41) is 13.8. The Morgan fingerprint density at radius 2 is 1.84 bits per heavy atom. The number of fused-ring (bicyclic) bond motifs is 1. The second-order valence-corrected chi connectivity index (χ2v) is 15.0. The van der Waals surface area contributed by atoms with Gasteiger partial charge in [0.25, 0.3) is 5.91 Å². The Morgan fingerprint density at radius 3 is 2.44 bits per heavy atom. The normalized spacial score (nSPS) is 22.5. The Hall–Kier alpha value is -4.29. The number of hydrogen-bond acceptors (Lipinski definition) is 6. The van der Waals surface area contributed by atoms with Gasteiger partial charge in [0, 0.05) is 43.3 Å². The standard InChI is InChI=1S/C37H45ClFN7O4/c1-7-40-33(48)30(36-17-37(39,18-36)19-36)45-34(49)35(4,20-50-6)22-12-13-25-26(16-22)43-31(42-25)29(44-32(47)27-14-15-41-46(27)5)28(21(2)3)23-10-8-9-11-24(23)38/h8-16,21,28-30H,7,17-20H2,1-6H3,(H,40,48)(H,42,43)(H,44,47)(H,45,49)/t28-,29-,30-,35?,36?,37?/m0/s1. The zero-order valence-corrected chi connectivity index (χ0v) is 30.0. The molecular weight excluding hydrogens is 661 g/mol. The third-order valence-corrected chi connectivity index (χ3v) is 10.9. The van der Waals surface area contributed by atoms with Crippen molar-refractivity contribution in [3.05, 3.63) is 82.4 Å². The lowest BCUT2D eigenvalue weighted by Crippen LogP contribution is -2.75. The zero-order valence-electron chi connectivity index (χ0n) is 29.3. The Kier molecular flexibility index (Phi) is 9.55. The van der Waals surface area contributed by atoms with Crippen molar-refractivity contribution in [1.82, 2.24) is 35.7 Å². The van der Waals surface area contributed by atoms with Crippen molar-refractivity contribution >= 4 is 40.4 Å². The number of nitrogens with zero attached hydrogens (tertiary/aromatic N) is 3. The molecule has 50 heavy (non-hydrogen) atoms. The molecule has 2 bridgehead atoms. The summed E-state index contributed by atoms with van der Waals surface area (Å²) in [5.41, 5.74) is 0.155. The summed E-state index contributed by atoms with van der Waals surface area (Å²) < 4.78 is 21.6. The molecule has 3 aliphatic rings. The molecule has 266 valence electrons. The van der Waals surface area contributed by atoms with E-state index in [2.05, 4.69) is 39.9 Å². The van der Waals surface area contributed by atoms with Gasteiger partial charge < -0.3 is 25.7 Å². The number of methoxy groups -OCH3 is 1. The molecule has 4 atom stereocenters. The number of H-pyrrole nitrogens is 1. The molecule has 7 rings (SSSR count). The van der Waals surface area contributed by atoms with Crippen LogP contribution in [-0.2, 0) is 26.8 Å². The second-order valence-electron chi connectivity index (χ2n) is 14.5. The highest BCUT2D eigenvalue weighted by atomic mass is 35.5. The van der Waals surface area contributed by atoms with E-state index in [1.165, 1.54) is 11.8 Å². The first-order valence-corrected chi connectivity index (χ1v) is 17.4. The van der Waals surface area contributed by atoms with E-state index in [0.717, 1.165) is 5.56 Å². The van der Waals surface area contributed by atoms with Crippen LogP contribution in [0.1, 0.15) is 86.4 Å². The molecule has 3 aliphatic carbocycles. The number of likely N-dealkylation sites (N-methyl/N-ethyl adjacent to an activating group) is 1. The summed E-state index contributed by atoms with van der Waals surface area (Å²) >= 11 is 6.74. The number of aryl methyl sites for hydroxylation is 1. The molecule has 2 heterocycles. The molecule has 4 N–H and O–H groups in total. The second kappa shape index (κ2) is 13.4. The predicted octanol–water partition coefficient (Wildman–Crippen LogP) is 5.28. The largest absolute Gasteiger partial charge is 0.383 e. The first-order chi connectivity index (χ1) is 23.7. The number of aromatic amines is 1. The van der Waals surface area contributed by atoms with Crippen LogP contribution in [0.4, 0.5) is 4.39 Å². The molecule has 0 aliphatic heterocycles. The van der Waals surface area contributed by atoms with Gasteiger partial charge in [0.2, 0.25) is 11.8 Å². The Bertz CT molecular complexity index is 1900. The summed E-state index contributed by atoms with van der Waals surface area (Å²) in [6.07, 6.45) is 2.35. The van der Waals surface area contributed by atoms with Crippen LogP contribution in [0.5, 0.6) is 0 Å². The van der Waals surface area contributed by atoms with E-state index in [4.69, 9.17) is 21.3 Å². The van der Waals surface area contributed by atoms with Gasteiger partial charge in [0.1, 0.15) is 23.2 Å². The van der Waals surface area contributed by atoms with Crippen LogP contribution in [0.15, 0.2) is 54.7 Å². The number of aromatic nitrogens is 4. The molecule has 3 fully saturated rings. The van der Waals surface area contributed by atoms with Crippen LogP contribution in [0, 0.1) is 11.3 Å². The number of alkyl halides is 1. The molecule has 0 spiro atoms. The van der Waals surface area contributed by atoms with Crippen LogP contribution >= 0.6 is 11.6 Å². The van der Waals surface area contributed by atoms with Crippen LogP contribution in [0.25, 0.3) is 11.0 Å². The Morgan fingerprint density at radius 1 is 1.12 bits per heavy atom. The number of carbonyl (C=O) groups excluding carboxylic acids is 3. The minimum Gasteiger partial charge on any atom is -0.383 e. The van der Waals surface area contributed by atoms with Gasteiger partial charge in [-0.3, -0.25) is 19.1 Å². The van der Waals surface area contributed by atoms with Gasteiger partial charge in [-0.25, -0.2) is 9.37 Å². The average molecular weight is 706 g/mol. The number of ether oxygens (including phenoxy) is 1. The predicted molar refractivity (Wildman–Crippen MR) is 189 cm³/mol. The van der Waals surface area contributed by atoms with Crippen molar-refractivity contribution in [1.29, 1.82) is 0 Å². The summed E-state index contributed by atoms with van der Waals surface area (Å²) in [4.78, 5) is 49.4. The maximum atomic E-state index is 14.6. The average Bonchev–Trinajstić information content (AvgIpc) is 3.68. The summed E-state index contributed by atoms with van der Waals surface area (Å²) in [7, 11) is 3.22. The van der Waals surface area contributed by atoms with Crippen molar-refractivity contribution in [3.8, 4) is 0 Å². The molecule has 4 aromatic rings. The molecular formula is C37H45ClFN7O4. The molecule has 2 aromatic heterocycles. The van der Waals surface area contributed by atoms with Crippen LogP contribution in [-0.4, -0.2) is 69.4 Å². The smallest absolute Gasteiger partial charge is 0.270 e. The lowest BCUT2D eigenvalue weighted by Gasteiger charge is -2.68. The van der Waals surface area contributed by atoms with Gasteiger partial charge in [-0.15, -0.1) is 0 Å². The van der Waals surface area contributed by atoms with Gasteiger partial charge in [-0.1, -0.05) is 49.7 Å². The Balaban J connectivity index is 1.36. The summed E-state index contributed by atoms with van der Waals surface area (Å²) in [6, 6.07) is 13.2. The van der Waals surface area contributed by atoms with E-state index >= 15 is 0 Å². The number of halogens is 2. The molecule has 1 unspecified atom stereocenters. The van der Waals surface area contributed by atoms with Gasteiger partial charge in [0.15, 0.2) is 0 Å². The maximum Gasteiger partial charge on any atom is 0.270 e. The SMILES string of the molecule is CCNC(=O)[C@H](NC(=O)C(C)(COC)c1ccc2nc([C@@H](NC(=O)c3ccnn3C)[C@H](c3ccccc3Cl)C(C)C)[nH]c2c1)C12CC(F)(C1)C2. The quantitative estimate of drug-likeness (QED) is 0.141. The highest BCUT2D eigenvalue weighted by Crippen LogP contribution is 2.71. The molecule has 3 amide bonds. The summed E-state index contributed by atoms with van der Waals surface area (Å²) in [6.45, 7) is 8.14. The van der Waals surface area contributed by atoms with Gasteiger partial charge in [0.05, 0.1) is 29.1 Å². The van der Waals surface area contributed by atoms with E-state index in [1.54, 1.807) is 26.2 Å². The van der Waals surface area contributed by atoms with Crippen molar-refractivity contribution in [2.45, 2.75) is 76.0 Å². The molecule has 11 nitrogen and oxygen atoms in total. The number of benzene rings is 2. The van der Waals surface area contributed by atoms with E-state index in [0.29, 0.717) is 39.7 Å². The van der Waals surface area contributed by atoms with Gasteiger partial charge in [-0.2, -0.15) is 5.10 Å². The minimum atomic E-state index is -1.23. The van der Waals surface area contributed by atoms with E-state index in [-0.39, 0.29) is 49.5 Å². The third-order valence-electron chi connectivity index (χ3n) is 10.6. The lowest BCUT2D eigenvalue weighted by atomic mass is 9.39. The van der Waals surface area contributed by atoms with E-state index in [9.17, 15) is 18.8 Å². The Labute approximate surface area is 296 Å². The van der Waals surface area contributed by atoms with Crippen molar-refractivity contribution in [3.63, 3.8) is 0 Å². The number of amides is 3. The highest BCUT2D eigenvalue weighted by molar-refractivity contribution is 6.31. The van der Waals surface area contributed by atoms with Crippen LogP contribution < -0.4 is 16.0 Å². The first-order valence-electron chi connectivity index (χ1n) is 17.0. The maximum absolute atomic E-state index is 14.6. The molecule has 2 aromatic carbocycles. The van der Waals surface area contributed by atoms with Gasteiger partial charge >= 0.3 is 0 Å². The number of imidazole rings is 1. The molecule has 13 heteroatoms. The highest BCUT2D eigenvalue weighted by Gasteiger charge is 2.73. The fraction of sp³-hybridized carbons (Fsp3) is 0.486. The minimum absolute atomic E-state index is 0.0266. The van der Waals surface area contributed by atoms with Gasteiger partial charge in [-0.05, 0) is 74.4 Å². The monoisotopic (exact) mass is 705 g/mol. The third kappa shape index (κ3) is 6.28. The van der Waals surface area contributed by atoms with E-state index in [1.807, 2.05) is 49.4 Å². The fourth-order valence-corrected chi connectivity index (χ4v) is 8.27.